The van der Waals surface area contributed by atoms with Gasteiger partial charge in [-0.05, 0) is 33.4 Å². The van der Waals surface area contributed by atoms with E-state index in [1.165, 1.54) is 0 Å². The molecule has 0 spiro atoms. The first-order chi connectivity index (χ1) is 6.02. The van der Waals surface area contributed by atoms with Crippen molar-refractivity contribution in [2.75, 3.05) is 27.2 Å². The van der Waals surface area contributed by atoms with Crippen LogP contribution in [0.3, 0.4) is 0 Å². The van der Waals surface area contributed by atoms with Gasteiger partial charge in [0.2, 0.25) is 5.91 Å². The van der Waals surface area contributed by atoms with Crippen LogP contribution in [0.4, 0.5) is 0 Å². The lowest BCUT2D eigenvalue weighted by Gasteiger charge is -2.36. The van der Waals surface area contributed by atoms with Gasteiger partial charge in [-0.2, -0.15) is 0 Å². The van der Waals surface area contributed by atoms with Gasteiger partial charge in [-0.15, -0.1) is 0 Å². The van der Waals surface area contributed by atoms with Crippen LogP contribution < -0.4 is 5.32 Å². The molecule has 0 unspecified atom stereocenters. The van der Waals surface area contributed by atoms with Crippen LogP contribution in [0, 0.1) is 0 Å². The summed E-state index contributed by atoms with van der Waals surface area (Å²) in [4.78, 5) is 13.0. The molecule has 0 aromatic rings. The summed E-state index contributed by atoms with van der Waals surface area (Å²) >= 11 is 0. The lowest BCUT2D eigenvalue weighted by molar-refractivity contribution is -0.124. The minimum Gasteiger partial charge on any atom is -0.388 e. The number of nitrogens with one attached hydrogen (secondary N) is 1. The molecule has 0 aromatic heterocycles. The van der Waals surface area contributed by atoms with Crippen LogP contribution in [0.5, 0.6) is 0 Å². The number of likely N-dealkylation sites (N-methyl/N-ethyl adjacent to an activating group) is 1. The molecule has 2 N–H and O–H groups in total. The number of hydrogen-bond donors (Lipinski definition) is 2. The normalized spacial score (nSPS) is 19.7. The van der Waals surface area contributed by atoms with Crippen molar-refractivity contribution in [1.29, 1.82) is 0 Å². The first-order valence-corrected chi connectivity index (χ1v) is 4.66. The van der Waals surface area contributed by atoms with E-state index < -0.39 is 5.60 Å². The zero-order chi connectivity index (χ0) is 9.90. The topological polar surface area (TPSA) is 52.6 Å². The van der Waals surface area contributed by atoms with E-state index in [2.05, 4.69) is 5.32 Å². The highest BCUT2D eigenvalue weighted by molar-refractivity contribution is 5.78. The van der Waals surface area contributed by atoms with E-state index in [1.807, 2.05) is 14.1 Å². The third-order valence-corrected chi connectivity index (χ3v) is 2.36. The van der Waals surface area contributed by atoms with Crippen molar-refractivity contribution < 1.29 is 9.90 Å². The highest BCUT2D eigenvalue weighted by Gasteiger charge is 2.34. The number of amides is 1. The average Bonchev–Trinajstić information content (AvgIpc) is 1.96. The molecule has 0 heterocycles. The molecule has 1 saturated carbocycles. The Kier molecular flexibility index (Phi) is 3.27. The van der Waals surface area contributed by atoms with Crippen LogP contribution in [0.2, 0.25) is 0 Å². The third kappa shape index (κ3) is 3.32. The fraction of sp³-hybridized carbons (Fsp3) is 0.889. The maximum Gasteiger partial charge on any atom is 0.234 e. The van der Waals surface area contributed by atoms with Crippen LogP contribution in [0.1, 0.15) is 19.3 Å². The third-order valence-electron chi connectivity index (χ3n) is 2.36. The Balaban J connectivity index is 2.14. The average molecular weight is 186 g/mol. The summed E-state index contributed by atoms with van der Waals surface area (Å²) in [6.07, 6.45) is 2.70. The number of nitrogens with zero attached hydrogens (tertiary/aromatic N) is 1. The van der Waals surface area contributed by atoms with Gasteiger partial charge in [0.1, 0.15) is 0 Å². The minimum atomic E-state index is -0.609. The smallest absolute Gasteiger partial charge is 0.234 e. The van der Waals surface area contributed by atoms with E-state index in [0.717, 1.165) is 19.3 Å². The Morgan fingerprint density at radius 2 is 2.15 bits per heavy atom. The Hall–Kier alpha value is -0.610. The fourth-order valence-corrected chi connectivity index (χ4v) is 1.37. The summed E-state index contributed by atoms with van der Waals surface area (Å²) in [6.45, 7) is 0.787. The Morgan fingerprint density at radius 1 is 1.54 bits per heavy atom. The minimum absolute atomic E-state index is 0.0228. The summed E-state index contributed by atoms with van der Waals surface area (Å²) in [5, 5.41) is 12.4. The molecule has 4 nitrogen and oxygen atoms in total. The molecule has 1 aliphatic carbocycles. The maximum atomic E-state index is 11.2. The van der Waals surface area contributed by atoms with Crippen molar-refractivity contribution in [1.82, 2.24) is 10.2 Å². The van der Waals surface area contributed by atoms with E-state index in [-0.39, 0.29) is 5.91 Å². The molecule has 13 heavy (non-hydrogen) atoms. The molecule has 0 bridgehead atoms. The zero-order valence-electron chi connectivity index (χ0n) is 8.34. The molecule has 1 fully saturated rings. The molecule has 0 aliphatic heterocycles. The van der Waals surface area contributed by atoms with Gasteiger partial charge in [0, 0.05) is 6.54 Å². The van der Waals surface area contributed by atoms with Crippen molar-refractivity contribution in [3.63, 3.8) is 0 Å². The van der Waals surface area contributed by atoms with Crippen LogP contribution in [-0.2, 0) is 4.79 Å². The van der Waals surface area contributed by atoms with Crippen LogP contribution >= 0.6 is 0 Å². The largest absolute Gasteiger partial charge is 0.388 e. The predicted molar refractivity (Wildman–Crippen MR) is 50.4 cm³/mol. The molecule has 1 amide bonds. The fourth-order valence-electron chi connectivity index (χ4n) is 1.37. The van der Waals surface area contributed by atoms with Crippen molar-refractivity contribution in [2.45, 2.75) is 24.9 Å². The lowest BCUT2D eigenvalue weighted by atomic mass is 9.80. The molecule has 0 radical (unpaired) electrons. The molecule has 0 aromatic carbocycles. The zero-order valence-corrected chi connectivity index (χ0v) is 8.34. The van der Waals surface area contributed by atoms with Gasteiger partial charge in [0.15, 0.2) is 0 Å². The molecule has 0 saturated heterocycles. The molecular formula is C9H18N2O2. The highest BCUT2D eigenvalue weighted by atomic mass is 16.3. The van der Waals surface area contributed by atoms with Gasteiger partial charge in [-0.25, -0.2) is 0 Å². The quantitative estimate of drug-likeness (QED) is 0.627. The van der Waals surface area contributed by atoms with Crippen molar-refractivity contribution >= 4 is 5.91 Å². The van der Waals surface area contributed by atoms with Gasteiger partial charge in [-0.1, -0.05) is 0 Å². The van der Waals surface area contributed by atoms with E-state index in [9.17, 15) is 9.90 Å². The molecular weight excluding hydrogens is 168 g/mol. The van der Waals surface area contributed by atoms with Crippen LogP contribution in [0.15, 0.2) is 0 Å². The molecule has 0 atom stereocenters. The summed E-state index contributed by atoms with van der Waals surface area (Å²) < 4.78 is 0. The van der Waals surface area contributed by atoms with E-state index in [0.29, 0.717) is 13.1 Å². The molecule has 4 heteroatoms. The number of hydrogen-bond acceptors (Lipinski definition) is 3. The highest BCUT2D eigenvalue weighted by Crippen LogP contribution is 2.30. The second kappa shape index (κ2) is 4.07. The number of carbonyl (C=O) groups excluding carboxylic acids is 1. The van der Waals surface area contributed by atoms with E-state index >= 15 is 0 Å². The Labute approximate surface area is 78.9 Å². The van der Waals surface area contributed by atoms with E-state index in [1.54, 1.807) is 4.90 Å². The summed E-state index contributed by atoms with van der Waals surface area (Å²) in [6, 6.07) is 0. The first kappa shape index (κ1) is 10.5. The standard InChI is InChI=1S/C9H18N2O2/c1-11(2)6-8(12)10-7-9(13)4-3-5-9/h13H,3-7H2,1-2H3,(H,10,12). The van der Waals surface area contributed by atoms with Crippen LogP contribution in [0.25, 0.3) is 0 Å². The van der Waals surface area contributed by atoms with Gasteiger partial charge in [0.25, 0.3) is 0 Å². The Bertz CT molecular complexity index is 188. The summed E-state index contributed by atoms with van der Waals surface area (Å²) in [7, 11) is 3.69. The number of carbonyl (C=O) groups is 1. The van der Waals surface area contributed by atoms with Gasteiger partial charge in [-0.3, -0.25) is 4.79 Å². The second-order valence-corrected chi connectivity index (χ2v) is 4.09. The van der Waals surface area contributed by atoms with Gasteiger partial charge < -0.3 is 15.3 Å². The second-order valence-electron chi connectivity index (χ2n) is 4.09. The lowest BCUT2D eigenvalue weighted by Crippen LogP contribution is -2.49. The maximum absolute atomic E-state index is 11.2. The SMILES string of the molecule is CN(C)CC(=O)NCC1(O)CCC1. The van der Waals surface area contributed by atoms with Crippen molar-refractivity contribution in [3.8, 4) is 0 Å². The van der Waals surface area contributed by atoms with Gasteiger partial charge in [0.05, 0.1) is 12.1 Å². The number of aliphatic hydroxyl groups is 1. The summed E-state index contributed by atoms with van der Waals surface area (Å²) in [5.41, 5.74) is -0.609. The first-order valence-electron chi connectivity index (χ1n) is 4.66. The van der Waals surface area contributed by atoms with Crippen molar-refractivity contribution in [2.24, 2.45) is 0 Å². The Morgan fingerprint density at radius 3 is 2.54 bits per heavy atom. The van der Waals surface area contributed by atoms with Gasteiger partial charge >= 0.3 is 0 Å². The number of rotatable bonds is 4. The van der Waals surface area contributed by atoms with E-state index in [4.69, 9.17) is 0 Å². The van der Waals surface area contributed by atoms with Crippen LogP contribution in [-0.4, -0.2) is 48.7 Å². The molecule has 1 aliphatic rings. The van der Waals surface area contributed by atoms with Crippen molar-refractivity contribution in [3.05, 3.63) is 0 Å². The molecule has 1 rings (SSSR count). The predicted octanol–water partition coefficient (Wildman–Crippen LogP) is -0.421. The summed E-state index contributed by atoms with van der Waals surface area (Å²) in [5.74, 6) is -0.0228. The molecule has 76 valence electrons. The monoisotopic (exact) mass is 186 g/mol.